The molecule has 0 radical (unpaired) electrons. The van der Waals surface area contributed by atoms with Crippen LogP contribution in [0.15, 0.2) is 24.3 Å². The number of thioether (sulfide) groups is 1. The Balaban J connectivity index is 2.14. The molecule has 2 rings (SSSR count). The summed E-state index contributed by atoms with van der Waals surface area (Å²) < 4.78 is 13.0. The summed E-state index contributed by atoms with van der Waals surface area (Å²) in [6, 6.07) is 7.69. The quantitative estimate of drug-likeness (QED) is 0.766. The summed E-state index contributed by atoms with van der Waals surface area (Å²) >= 11 is 1.93. The largest absolute Gasteiger partial charge is 0.306 e. The first-order valence-corrected chi connectivity index (χ1v) is 6.00. The van der Waals surface area contributed by atoms with E-state index in [-0.39, 0.29) is 5.82 Å². The fourth-order valence-corrected chi connectivity index (χ4v) is 2.83. The summed E-state index contributed by atoms with van der Waals surface area (Å²) in [6.45, 7) is 2.17. The molecule has 0 amide bonds. The third-order valence-electron chi connectivity index (χ3n) is 2.39. The zero-order valence-electron chi connectivity index (χ0n) is 8.16. The lowest BCUT2D eigenvalue weighted by atomic mass is 10.1. The average Bonchev–Trinajstić information content (AvgIpc) is 2.18. The molecule has 0 aliphatic carbocycles. The van der Waals surface area contributed by atoms with Crippen molar-refractivity contribution in [3.8, 4) is 0 Å². The predicted octanol–water partition coefficient (Wildman–Crippen LogP) is 2.59. The van der Waals surface area contributed by atoms with E-state index in [0.717, 1.165) is 17.1 Å². The van der Waals surface area contributed by atoms with E-state index < -0.39 is 0 Å². The SMILES string of the molecule is CC1CSCC(c2cccc(F)c2)N1. The molecule has 1 aromatic rings. The van der Waals surface area contributed by atoms with Gasteiger partial charge in [-0.3, -0.25) is 0 Å². The Labute approximate surface area is 88.1 Å². The number of nitrogens with one attached hydrogen (secondary N) is 1. The molecule has 1 saturated heterocycles. The first-order valence-electron chi connectivity index (χ1n) is 4.85. The van der Waals surface area contributed by atoms with Crippen molar-refractivity contribution >= 4 is 11.8 Å². The maximum Gasteiger partial charge on any atom is 0.123 e. The number of benzene rings is 1. The van der Waals surface area contributed by atoms with Crippen LogP contribution in [0.3, 0.4) is 0 Å². The van der Waals surface area contributed by atoms with E-state index in [1.807, 2.05) is 17.8 Å². The van der Waals surface area contributed by atoms with Gasteiger partial charge in [0.05, 0.1) is 0 Å². The average molecular weight is 211 g/mol. The second-order valence-corrected chi connectivity index (χ2v) is 4.79. The lowest BCUT2D eigenvalue weighted by molar-refractivity contribution is 0.499. The van der Waals surface area contributed by atoms with Crippen molar-refractivity contribution in [2.45, 2.75) is 19.0 Å². The Bertz CT molecular complexity index is 316. The topological polar surface area (TPSA) is 12.0 Å². The van der Waals surface area contributed by atoms with Crippen LogP contribution in [0.1, 0.15) is 18.5 Å². The molecule has 0 saturated carbocycles. The fraction of sp³-hybridized carbons (Fsp3) is 0.455. The van der Waals surface area contributed by atoms with Crippen LogP contribution in [0.2, 0.25) is 0 Å². The van der Waals surface area contributed by atoms with Gasteiger partial charge in [-0.25, -0.2) is 4.39 Å². The lowest BCUT2D eigenvalue weighted by Gasteiger charge is -2.28. The Morgan fingerprint density at radius 2 is 2.29 bits per heavy atom. The van der Waals surface area contributed by atoms with Crippen molar-refractivity contribution in [3.63, 3.8) is 0 Å². The zero-order valence-corrected chi connectivity index (χ0v) is 8.98. The van der Waals surface area contributed by atoms with Gasteiger partial charge in [0.1, 0.15) is 5.82 Å². The summed E-state index contributed by atoms with van der Waals surface area (Å²) in [6.07, 6.45) is 0. The van der Waals surface area contributed by atoms with Crippen LogP contribution in [0.5, 0.6) is 0 Å². The first-order chi connectivity index (χ1) is 6.75. The molecule has 1 nitrogen and oxygen atoms in total. The van der Waals surface area contributed by atoms with Crippen LogP contribution in [-0.2, 0) is 0 Å². The zero-order chi connectivity index (χ0) is 9.97. The van der Waals surface area contributed by atoms with Gasteiger partial charge in [0, 0.05) is 23.6 Å². The fourth-order valence-electron chi connectivity index (χ4n) is 1.72. The normalized spacial score (nSPS) is 27.6. The molecule has 76 valence electrons. The molecule has 0 spiro atoms. The molecule has 1 heterocycles. The van der Waals surface area contributed by atoms with Gasteiger partial charge < -0.3 is 5.32 Å². The molecule has 3 heteroatoms. The van der Waals surface area contributed by atoms with Gasteiger partial charge in [-0.15, -0.1) is 0 Å². The van der Waals surface area contributed by atoms with Crippen LogP contribution in [0, 0.1) is 5.82 Å². The summed E-state index contributed by atoms with van der Waals surface area (Å²) in [4.78, 5) is 0. The van der Waals surface area contributed by atoms with Gasteiger partial charge in [-0.1, -0.05) is 12.1 Å². The molecule has 1 aliphatic heterocycles. The highest BCUT2D eigenvalue weighted by molar-refractivity contribution is 7.99. The molecule has 2 atom stereocenters. The van der Waals surface area contributed by atoms with E-state index in [1.165, 1.54) is 6.07 Å². The Morgan fingerprint density at radius 3 is 3.00 bits per heavy atom. The first kappa shape index (κ1) is 9.99. The molecule has 0 bridgehead atoms. The molecular weight excluding hydrogens is 197 g/mol. The van der Waals surface area contributed by atoms with Crippen molar-refractivity contribution < 1.29 is 4.39 Å². The molecule has 1 aliphatic rings. The highest BCUT2D eigenvalue weighted by Crippen LogP contribution is 2.24. The second-order valence-electron chi connectivity index (χ2n) is 3.71. The molecular formula is C11H14FNS. The van der Waals surface area contributed by atoms with Crippen LogP contribution < -0.4 is 5.32 Å². The number of hydrogen-bond acceptors (Lipinski definition) is 2. The van der Waals surface area contributed by atoms with Gasteiger partial charge in [0.2, 0.25) is 0 Å². The van der Waals surface area contributed by atoms with Crippen LogP contribution in [-0.4, -0.2) is 17.5 Å². The maximum atomic E-state index is 13.0. The Hall–Kier alpha value is -0.540. The lowest BCUT2D eigenvalue weighted by Crippen LogP contribution is -2.37. The predicted molar refractivity (Wildman–Crippen MR) is 59.1 cm³/mol. The monoisotopic (exact) mass is 211 g/mol. The minimum Gasteiger partial charge on any atom is -0.306 e. The van der Waals surface area contributed by atoms with Gasteiger partial charge >= 0.3 is 0 Å². The van der Waals surface area contributed by atoms with Crippen molar-refractivity contribution in [2.24, 2.45) is 0 Å². The molecule has 1 fully saturated rings. The molecule has 14 heavy (non-hydrogen) atoms. The van der Waals surface area contributed by atoms with Gasteiger partial charge in [-0.05, 0) is 24.6 Å². The number of halogens is 1. The van der Waals surface area contributed by atoms with Gasteiger partial charge in [0.25, 0.3) is 0 Å². The van der Waals surface area contributed by atoms with Crippen molar-refractivity contribution in [3.05, 3.63) is 35.6 Å². The van der Waals surface area contributed by atoms with Gasteiger partial charge in [-0.2, -0.15) is 11.8 Å². The summed E-state index contributed by atoms with van der Waals surface area (Å²) in [5, 5.41) is 3.47. The van der Waals surface area contributed by atoms with E-state index in [4.69, 9.17) is 0 Å². The third-order valence-corrected chi connectivity index (χ3v) is 3.69. The van der Waals surface area contributed by atoms with Crippen LogP contribution in [0.4, 0.5) is 4.39 Å². The molecule has 2 unspecified atom stereocenters. The number of hydrogen-bond donors (Lipinski definition) is 1. The van der Waals surface area contributed by atoms with Crippen molar-refractivity contribution in [2.75, 3.05) is 11.5 Å². The molecule has 1 N–H and O–H groups in total. The minimum atomic E-state index is -0.146. The highest BCUT2D eigenvalue weighted by Gasteiger charge is 2.19. The van der Waals surface area contributed by atoms with E-state index >= 15 is 0 Å². The highest BCUT2D eigenvalue weighted by atomic mass is 32.2. The Kier molecular flexibility index (Phi) is 3.08. The van der Waals surface area contributed by atoms with E-state index in [9.17, 15) is 4.39 Å². The summed E-state index contributed by atoms with van der Waals surface area (Å²) in [5.74, 6) is 2.03. The number of rotatable bonds is 1. The smallest absolute Gasteiger partial charge is 0.123 e. The minimum absolute atomic E-state index is 0.146. The standard InChI is InChI=1S/C11H14FNS/c1-8-6-14-7-11(13-8)9-3-2-4-10(12)5-9/h2-5,8,11,13H,6-7H2,1H3. The summed E-state index contributed by atoms with van der Waals surface area (Å²) in [7, 11) is 0. The maximum absolute atomic E-state index is 13.0. The van der Waals surface area contributed by atoms with Crippen molar-refractivity contribution in [1.82, 2.24) is 5.32 Å². The van der Waals surface area contributed by atoms with E-state index in [1.54, 1.807) is 12.1 Å². The molecule has 1 aromatic carbocycles. The third kappa shape index (κ3) is 2.28. The Morgan fingerprint density at radius 1 is 1.43 bits per heavy atom. The van der Waals surface area contributed by atoms with Crippen LogP contribution >= 0.6 is 11.8 Å². The second kappa shape index (κ2) is 4.32. The van der Waals surface area contributed by atoms with E-state index in [2.05, 4.69) is 12.2 Å². The summed E-state index contributed by atoms with van der Waals surface area (Å²) in [5.41, 5.74) is 1.06. The van der Waals surface area contributed by atoms with Gasteiger partial charge in [0.15, 0.2) is 0 Å². The van der Waals surface area contributed by atoms with E-state index in [0.29, 0.717) is 12.1 Å². The van der Waals surface area contributed by atoms with Crippen LogP contribution in [0.25, 0.3) is 0 Å². The molecule has 0 aromatic heterocycles. The van der Waals surface area contributed by atoms with Crippen molar-refractivity contribution in [1.29, 1.82) is 0 Å².